The molecule has 0 saturated carbocycles. The summed E-state index contributed by atoms with van der Waals surface area (Å²) in [6.45, 7) is 13.3. The predicted octanol–water partition coefficient (Wildman–Crippen LogP) is 0.499. The van der Waals surface area contributed by atoms with Gasteiger partial charge in [-0.25, -0.2) is 94.9 Å². The Kier molecular flexibility index (Phi) is 25.7. The van der Waals surface area contributed by atoms with Crippen molar-refractivity contribution in [1.29, 1.82) is 0 Å². The molecule has 640 valence electrons. The van der Waals surface area contributed by atoms with E-state index in [1.165, 1.54) is 75.2 Å². The molecule has 0 aliphatic carbocycles. The Hall–Kier alpha value is -6.89. The zero-order chi connectivity index (χ0) is 91.3. The number of carbonyl (C=O) groups excluding carboxylic acids is 1. The Balaban J connectivity index is 0.000000182. The molecule has 11 aromatic rings. The Morgan fingerprint density at radius 2 is 0.844 bits per heavy atom. The maximum Gasteiger partial charge on any atom is 1.00 e. The minimum atomic E-state index is -4.10. The fourth-order valence-electron chi connectivity index (χ4n) is 15.0. The van der Waals surface area contributed by atoms with Crippen molar-refractivity contribution in [3.8, 4) is 51.4 Å². The summed E-state index contributed by atoms with van der Waals surface area (Å²) in [7, 11) is -19.1. The van der Waals surface area contributed by atoms with Gasteiger partial charge in [0.1, 0.15) is 56.8 Å². The number of nitrogens with zero attached hydrogens (tertiary/aromatic N) is 14. The monoisotopic (exact) mass is 2020 g/mol. The number of nitrogen functional groups attached to an aromatic ring is 1. The quantitative estimate of drug-likeness (QED) is 0.0581. The number of nitrogens with two attached hydrogens (primary N) is 1. The molecule has 0 spiro atoms. The standard InChI is InChI=1S/C28H32N6O6S2.C27H30N6O6S2.C22H28N6O4S.CH2O3.2Cs.H/c1-17-14-39-15-18-16-40-23-24(28(2,3)41(5,35)36)31-25(32-27(23)34(17)18)22-20-11-12-33(26(20)30-13-21(22)29-4)42(37,38)19-9-7-6-8-10-19;1-16-13-38-14-17-15-39-22-23(27(2,3)40(4,34)35)30-24(31-26(22)33(16)17)21-19-10-11-32(25(19)29-12-20(21)28)41(36,37)18-8-6-5-7-9-18;1-12-9-31-10-13-11-32-17-18(22(2,3)33(5,29)30)26-20(27-21(17)28(12)13)16-14-6-7-24-19(14)25-8-15(16)23-4;2-1-4-3;;;/h6-13,17-18,29H,14-16H2,1-5H3;5-12,16-17H,13-15,28H2,1-4H3;6-8,12-13,23H,9-11H2,1-5H3,(H,24,25);1,3H;;;/q;;;;2*+1;-1/p-1/t17-,18+;16-,17+;12-,13+;;;;/m111..../s1/i4D3;;4D3;;;;. The minimum Gasteiger partial charge on any atom is -1.00 e. The number of H-pyrrole nitrogens is 1. The number of fused-ring (bicyclic) bond motifs is 12. The van der Waals surface area contributed by atoms with Crippen LogP contribution < -0.4 is 188 Å². The van der Waals surface area contributed by atoms with Gasteiger partial charge in [-0.1, -0.05) is 36.4 Å². The third kappa shape index (κ3) is 17.2. The van der Waals surface area contributed by atoms with Gasteiger partial charge in [0.05, 0.1) is 138 Å². The number of hydrogen-bond acceptors (Lipinski definition) is 34. The number of ether oxygens (including phenoxy) is 6. The van der Waals surface area contributed by atoms with Crippen molar-refractivity contribution in [3.63, 3.8) is 0 Å². The predicted molar refractivity (Wildman–Crippen MR) is 448 cm³/mol. The number of nitrogens with one attached hydrogen (secondary N) is 3. The second-order valence-corrected chi connectivity index (χ2v) is 42.3. The van der Waals surface area contributed by atoms with E-state index in [-0.39, 0.29) is 285 Å². The topological polar surface area (TPSA) is 477 Å². The SMILES string of the molecule is C[C@@H]1COC[C@H]2COc3c(nc(-c4c(N)cnc5c4ccn5S(=O)(=O)c4ccccc4)nc3C(C)(C)S(C)(=O)=O)N21.O=CO[O-].[2H]C([2H])([2H])Nc1cnc2[nH]ccc2c1-c1nc2c(c(C(C)(C)S(C)(=O)=O)n1)OC[C@@H]1COC[C@@H](C)N21.[2H]C([2H])([2H])Nc1cnc2c(ccn2S(=O)(=O)c2ccccc2)c1-c1nc2c(c(C(C)(C)S(C)(=O)=O)n1)OC[C@@H]1COC[C@@H](C)N21.[Cs+].[Cs+].[H-]. The zero-order valence-electron chi connectivity index (χ0n) is 76.0. The van der Waals surface area contributed by atoms with Crippen molar-refractivity contribution in [2.75, 3.05) is 123 Å². The molecule has 37 nitrogen and oxygen atoms in total. The first-order chi connectivity index (χ1) is 59.0. The molecule has 0 radical (unpaired) electrons. The second kappa shape index (κ2) is 36.5. The van der Waals surface area contributed by atoms with Gasteiger partial charge in [-0.2, -0.15) is 0 Å². The number of aromatic amines is 1. The summed E-state index contributed by atoms with van der Waals surface area (Å²) in [5, 5.41) is 14.6. The second-order valence-electron chi connectivity index (χ2n) is 31.0. The summed E-state index contributed by atoms with van der Waals surface area (Å²) in [4.78, 5) is 62.5. The summed E-state index contributed by atoms with van der Waals surface area (Å²) in [5.74, 6) is 2.32. The Morgan fingerprint density at radius 1 is 0.500 bits per heavy atom. The average Bonchev–Trinajstić information content (AvgIpc) is 1.70. The molecule has 44 heteroatoms. The molecule has 0 amide bonds. The molecule has 0 unspecified atom stereocenters. The third-order valence-electron chi connectivity index (χ3n) is 22.2. The van der Waals surface area contributed by atoms with Gasteiger partial charge in [0, 0.05) is 75.7 Å². The third-order valence-corrected chi connectivity index (χ3v) is 31.7. The molecule has 0 bridgehead atoms. The zero-order valence-corrected chi connectivity index (χ0v) is 85.7. The van der Waals surface area contributed by atoms with Crippen molar-refractivity contribution in [2.45, 2.75) is 123 Å². The van der Waals surface area contributed by atoms with Crippen LogP contribution in [0.25, 0.3) is 67.3 Å². The maximum absolute atomic E-state index is 13.6. The van der Waals surface area contributed by atoms with E-state index in [0.717, 1.165) is 26.7 Å². The summed E-state index contributed by atoms with van der Waals surface area (Å²) < 4.78 is 212. The van der Waals surface area contributed by atoms with E-state index in [1.807, 2.05) is 25.7 Å². The molecule has 15 heterocycles. The van der Waals surface area contributed by atoms with E-state index in [4.69, 9.17) is 82.3 Å². The summed E-state index contributed by atoms with van der Waals surface area (Å²) >= 11 is 0. The summed E-state index contributed by atoms with van der Waals surface area (Å²) in [5.41, 5.74) is 8.87. The molecule has 17 rings (SSSR count). The van der Waals surface area contributed by atoms with E-state index in [1.54, 1.807) is 82.4 Å². The molecule has 6 atom stereocenters. The smallest absolute Gasteiger partial charge is 1.00 e. The number of benzene rings is 2. The van der Waals surface area contributed by atoms with E-state index >= 15 is 0 Å². The van der Waals surface area contributed by atoms with Crippen LogP contribution in [0.4, 0.5) is 34.5 Å². The number of rotatable bonds is 16. The Morgan fingerprint density at radius 3 is 1.20 bits per heavy atom. The fourth-order valence-corrected chi connectivity index (χ4v) is 19.1. The maximum atomic E-state index is 13.6. The molecule has 3 fully saturated rings. The number of hydrogen-bond donors (Lipinski definition) is 4. The molecule has 6 aliphatic rings. The van der Waals surface area contributed by atoms with Gasteiger partial charge in [-0.15, -0.1) is 0 Å². The van der Waals surface area contributed by atoms with Crippen LogP contribution in [-0.4, -0.2) is 235 Å². The molecular formula is C78H92Cs2N18O19S5. The molecule has 5 N–H and O–H groups in total. The van der Waals surface area contributed by atoms with Crippen LogP contribution in [0.2, 0.25) is 0 Å². The van der Waals surface area contributed by atoms with Crippen LogP contribution in [-0.2, 0) is 87.7 Å². The van der Waals surface area contributed by atoms with Crippen LogP contribution >= 0.6 is 0 Å². The van der Waals surface area contributed by atoms with Gasteiger partial charge < -0.3 is 76.0 Å². The number of pyridine rings is 3. The van der Waals surface area contributed by atoms with Crippen molar-refractivity contribution in [1.82, 2.24) is 57.8 Å². The van der Waals surface area contributed by atoms with Crippen LogP contribution in [0.3, 0.4) is 0 Å². The number of carbonyl (C=O) groups is 1. The number of aromatic nitrogens is 12. The van der Waals surface area contributed by atoms with Gasteiger partial charge in [-0.3, -0.25) is 4.79 Å². The summed E-state index contributed by atoms with van der Waals surface area (Å²) in [6, 6.07) is 20.0. The number of sulfone groups is 3. The first-order valence-corrected chi connectivity index (χ1v) is 46.0. The van der Waals surface area contributed by atoms with E-state index in [9.17, 15) is 42.1 Å². The van der Waals surface area contributed by atoms with Gasteiger partial charge >= 0.3 is 138 Å². The van der Waals surface area contributed by atoms with Crippen LogP contribution in [0.5, 0.6) is 17.2 Å². The van der Waals surface area contributed by atoms with Crippen LogP contribution in [0.1, 0.15) is 89.0 Å². The van der Waals surface area contributed by atoms with Gasteiger partial charge in [0.15, 0.2) is 93.0 Å². The first-order valence-electron chi connectivity index (χ1n) is 40.5. The Bertz CT molecular complexity index is 6690. The van der Waals surface area contributed by atoms with Gasteiger partial charge in [0.25, 0.3) is 26.5 Å². The van der Waals surface area contributed by atoms with Crippen LogP contribution in [0.15, 0.2) is 126 Å². The number of morpholine rings is 3. The van der Waals surface area contributed by atoms with Crippen LogP contribution in [0, 0.1) is 0 Å². The molecule has 122 heavy (non-hydrogen) atoms. The molecular weight excluding hydrogens is 1920 g/mol. The van der Waals surface area contributed by atoms with E-state index in [0.29, 0.717) is 103 Å². The van der Waals surface area contributed by atoms with Gasteiger partial charge in [0.2, 0.25) is 0 Å². The van der Waals surface area contributed by atoms with E-state index < -0.39 is 77.8 Å². The largest absolute Gasteiger partial charge is 1.00 e. The normalized spacial score (nSPS) is 19.9. The van der Waals surface area contributed by atoms with Crippen molar-refractivity contribution >= 4 is 124 Å². The summed E-state index contributed by atoms with van der Waals surface area (Å²) in [6.07, 6.45) is 11.8. The van der Waals surface area contributed by atoms with Crippen molar-refractivity contribution < 1.29 is 233 Å². The first kappa shape index (κ1) is 85.9. The average molecular weight is 2020 g/mol. The molecule has 6 aliphatic heterocycles. The van der Waals surface area contributed by atoms with Crippen molar-refractivity contribution in [2.24, 2.45) is 0 Å². The molecule has 3 saturated heterocycles. The molecule has 9 aromatic heterocycles. The van der Waals surface area contributed by atoms with Gasteiger partial charge in [-0.05, 0) is 105 Å². The van der Waals surface area contributed by atoms with Crippen molar-refractivity contribution in [3.05, 3.63) is 133 Å². The van der Waals surface area contributed by atoms with E-state index in [2.05, 4.69) is 45.3 Å². The Labute approximate surface area is 833 Å². The fraction of sp³-hybridized carbons (Fsp3) is 0.410. The number of anilines is 6. The minimum absolute atomic E-state index is 0. The molecule has 2 aromatic carbocycles.